The van der Waals surface area contributed by atoms with Gasteiger partial charge in [0, 0.05) is 17.6 Å². The number of amides is 1. The van der Waals surface area contributed by atoms with Crippen molar-refractivity contribution in [3.8, 4) is 11.8 Å². The van der Waals surface area contributed by atoms with Crippen LogP contribution in [0, 0.1) is 18.8 Å². The molecule has 1 heterocycles. The Balaban J connectivity index is 2.41. The van der Waals surface area contributed by atoms with Gasteiger partial charge >= 0.3 is 0 Å². The molecule has 0 saturated carbocycles. The highest BCUT2D eigenvalue weighted by atomic mass is 16.2. The molecule has 1 N–H and O–H groups in total. The van der Waals surface area contributed by atoms with Gasteiger partial charge in [0.05, 0.1) is 5.56 Å². The minimum absolute atomic E-state index is 0.0402. The molecule has 1 aliphatic heterocycles. The Morgan fingerprint density at radius 2 is 2.20 bits per heavy atom. The molecule has 3 heteroatoms. The number of likely N-dealkylation sites (tertiary alicyclic amines) is 1. The molecule has 106 valence electrons. The fourth-order valence-corrected chi connectivity index (χ4v) is 2.71. The molecule has 1 amide bonds. The van der Waals surface area contributed by atoms with Crippen LogP contribution in [0.2, 0.25) is 0 Å². The van der Waals surface area contributed by atoms with Crippen molar-refractivity contribution in [3.63, 3.8) is 0 Å². The maximum atomic E-state index is 12.8. The molecule has 0 bridgehead atoms. The quantitative estimate of drug-likeness (QED) is 0.797. The summed E-state index contributed by atoms with van der Waals surface area (Å²) < 4.78 is 0. The van der Waals surface area contributed by atoms with Gasteiger partial charge in [-0.25, -0.2) is 0 Å². The van der Waals surface area contributed by atoms with E-state index in [9.17, 15) is 4.79 Å². The molecule has 0 aromatic heterocycles. The Labute approximate surface area is 120 Å². The van der Waals surface area contributed by atoms with Crippen LogP contribution in [0.15, 0.2) is 18.2 Å². The molecule has 0 aliphatic carbocycles. The Bertz CT molecular complexity index is 578. The van der Waals surface area contributed by atoms with Crippen LogP contribution in [0.4, 0.5) is 0 Å². The second-order valence-electron chi connectivity index (χ2n) is 5.88. The van der Waals surface area contributed by atoms with Crippen LogP contribution in [-0.2, 0) is 0 Å². The number of aliphatic hydroxyl groups is 1. The van der Waals surface area contributed by atoms with E-state index in [0.29, 0.717) is 11.1 Å². The maximum absolute atomic E-state index is 12.8. The number of aliphatic hydroxyl groups excluding tert-OH is 1. The molecule has 1 aliphatic rings. The summed E-state index contributed by atoms with van der Waals surface area (Å²) in [5, 5.41) is 8.84. The van der Waals surface area contributed by atoms with Gasteiger partial charge < -0.3 is 10.0 Å². The third-order valence-electron chi connectivity index (χ3n) is 3.85. The molecule has 1 aromatic carbocycles. The summed E-state index contributed by atoms with van der Waals surface area (Å²) in [5.41, 5.74) is 2.28. The third-order valence-corrected chi connectivity index (χ3v) is 3.85. The largest absolute Gasteiger partial charge is 0.384 e. The standard InChI is InChI=1S/C17H21NO2/c1-13-7-8-14(6-4-11-19)15(12-13)16(20)18-10-5-9-17(18,2)3/h7-8,12,19H,5,9-11H2,1-3H3. The van der Waals surface area contributed by atoms with E-state index in [-0.39, 0.29) is 18.1 Å². The van der Waals surface area contributed by atoms with Crippen molar-refractivity contribution in [1.82, 2.24) is 4.90 Å². The van der Waals surface area contributed by atoms with Gasteiger partial charge in [0.1, 0.15) is 6.61 Å². The molecule has 1 saturated heterocycles. The van der Waals surface area contributed by atoms with Gasteiger partial charge in [-0.1, -0.05) is 23.5 Å². The van der Waals surface area contributed by atoms with Gasteiger partial charge in [-0.2, -0.15) is 0 Å². The molecule has 1 fully saturated rings. The molecule has 0 radical (unpaired) electrons. The molecular formula is C17H21NO2. The number of hydrogen-bond acceptors (Lipinski definition) is 2. The molecular weight excluding hydrogens is 250 g/mol. The lowest BCUT2D eigenvalue weighted by atomic mass is 9.99. The molecule has 3 nitrogen and oxygen atoms in total. The minimum Gasteiger partial charge on any atom is -0.384 e. The van der Waals surface area contributed by atoms with E-state index in [1.807, 2.05) is 30.0 Å². The molecule has 1 aromatic rings. The second-order valence-corrected chi connectivity index (χ2v) is 5.88. The minimum atomic E-state index is -0.198. The number of carbonyl (C=O) groups excluding carboxylic acids is 1. The zero-order valence-corrected chi connectivity index (χ0v) is 12.4. The van der Waals surface area contributed by atoms with Crippen LogP contribution in [0.3, 0.4) is 0 Å². The monoisotopic (exact) mass is 271 g/mol. The van der Waals surface area contributed by atoms with Crippen molar-refractivity contribution in [3.05, 3.63) is 34.9 Å². The molecule has 0 atom stereocenters. The number of nitrogens with zero attached hydrogens (tertiary/aromatic N) is 1. The van der Waals surface area contributed by atoms with Crippen molar-refractivity contribution in [1.29, 1.82) is 0 Å². The van der Waals surface area contributed by atoms with Crippen molar-refractivity contribution in [2.75, 3.05) is 13.2 Å². The fourth-order valence-electron chi connectivity index (χ4n) is 2.71. The number of aryl methyl sites for hydroxylation is 1. The predicted octanol–water partition coefficient (Wildman–Crippen LogP) is 2.35. The van der Waals surface area contributed by atoms with Crippen molar-refractivity contribution < 1.29 is 9.90 Å². The van der Waals surface area contributed by atoms with E-state index in [1.54, 1.807) is 0 Å². The summed E-state index contributed by atoms with van der Waals surface area (Å²) >= 11 is 0. The first-order valence-electron chi connectivity index (χ1n) is 6.98. The molecule has 0 spiro atoms. The van der Waals surface area contributed by atoms with E-state index in [1.165, 1.54) is 0 Å². The smallest absolute Gasteiger partial charge is 0.255 e. The van der Waals surface area contributed by atoms with Gasteiger partial charge in [-0.05, 0) is 45.7 Å². The first-order chi connectivity index (χ1) is 9.45. The van der Waals surface area contributed by atoms with Crippen molar-refractivity contribution in [2.45, 2.75) is 39.2 Å². The zero-order valence-electron chi connectivity index (χ0n) is 12.4. The molecule has 20 heavy (non-hydrogen) atoms. The number of hydrogen-bond donors (Lipinski definition) is 1. The lowest BCUT2D eigenvalue weighted by molar-refractivity contribution is 0.0651. The summed E-state index contributed by atoms with van der Waals surface area (Å²) in [6.45, 7) is 6.78. The number of carbonyl (C=O) groups is 1. The van der Waals surface area contributed by atoms with Crippen LogP contribution in [-0.4, -0.2) is 34.6 Å². The first-order valence-corrected chi connectivity index (χ1v) is 6.98. The van der Waals surface area contributed by atoms with E-state index < -0.39 is 0 Å². The first kappa shape index (κ1) is 14.6. The Kier molecular flexibility index (Phi) is 4.15. The average Bonchev–Trinajstić information content (AvgIpc) is 2.76. The number of rotatable bonds is 1. The summed E-state index contributed by atoms with van der Waals surface area (Å²) in [7, 11) is 0. The summed E-state index contributed by atoms with van der Waals surface area (Å²) in [6.07, 6.45) is 2.07. The van der Waals surface area contributed by atoms with Crippen LogP contribution >= 0.6 is 0 Å². The summed E-state index contributed by atoms with van der Waals surface area (Å²) in [6, 6.07) is 5.68. The van der Waals surface area contributed by atoms with Crippen molar-refractivity contribution in [2.24, 2.45) is 0 Å². The summed E-state index contributed by atoms with van der Waals surface area (Å²) in [5.74, 6) is 5.54. The Morgan fingerprint density at radius 1 is 1.45 bits per heavy atom. The maximum Gasteiger partial charge on any atom is 0.255 e. The normalized spacial score (nSPS) is 16.7. The molecule has 2 rings (SSSR count). The van der Waals surface area contributed by atoms with Crippen LogP contribution in [0.1, 0.15) is 48.2 Å². The van der Waals surface area contributed by atoms with Gasteiger partial charge in [0.25, 0.3) is 5.91 Å². The Hall–Kier alpha value is -1.79. The SMILES string of the molecule is Cc1ccc(C#CCO)c(C(=O)N2CCCC2(C)C)c1. The zero-order chi connectivity index (χ0) is 14.8. The third kappa shape index (κ3) is 2.86. The number of benzene rings is 1. The lowest BCUT2D eigenvalue weighted by Crippen LogP contribution is -2.42. The molecule has 0 unspecified atom stereocenters. The van der Waals surface area contributed by atoms with Gasteiger partial charge in [0.15, 0.2) is 0 Å². The van der Waals surface area contributed by atoms with E-state index in [0.717, 1.165) is 24.9 Å². The highest BCUT2D eigenvalue weighted by Crippen LogP contribution is 2.30. The lowest BCUT2D eigenvalue weighted by Gasteiger charge is -2.32. The predicted molar refractivity (Wildman–Crippen MR) is 79.5 cm³/mol. The van der Waals surface area contributed by atoms with E-state index >= 15 is 0 Å². The van der Waals surface area contributed by atoms with E-state index in [2.05, 4.69) is 25.7 Å². The van der Waals surface area contributed by atoms with Gasteiger partial charge in [-0.3, -0.25) is 4.79 Å². The van der Waals surface area contributed by atoms with Crippen LogP contribution in [0.25, 0.3) is 0 Å². The second kappa shape index (κ2) is 5.68. The summed E-state index contributed by atoms with van der Waals surface area (Å²) in [4.78, 5) is 14.7. The fraction of sp³-hybridized carbons (Fsp3) is 0.471. The van der Waals surface area contributed by atoms with Gasteiger partial charge in [-0.15, -0.1) is 0 Å². The Morgan fingerprint density at radius 3 is 2.80 bits per heavy atom. The van der Waals surface area contributed by atoms with Crippen molar-refractivity contribution >= 4 is 5.91 Å². The van der Waals surface area contributed by atoms with Gasteiger partial charge in [0.2, 0.25) is 0 Å². The highest BCUT2D eigenvalue weighted by Gasteiger charge is 2.36. The van der Waals surface area contributed by atoms with Crippen LogP contribution in [0.5, 0.6) is 0 Å². The van der Waals surface area contributed by atoms with Crippen LogP contribution < -0.4 is 0 Å². The van der Waals surface area contributed by atoms with E-state index in [4.69, 9.17) is 5.11 Å². The average molecular weight is 271 g/mol. The highest BCUT2D eigenvalue weighted by molar-refractivity contribution is 5.97. The topological polar surface area (TPSA) is 40.5 Å².